The normalized spacial score (nSPS) is 24.5. The van der Waals surface area contributed by atoms with Crippen molar-refractivity contribution in [3.63, 3.8) is 0 Å². The minimum atomic E-state index is -0.525. The molecule has 3 rings (SSSR count). The van der Waals surface area contributed by atoms with Gasteiger partial charge in [-0.25, -0.2) is 0 Å². The molecular weight excluding hydrogens is 380 g/mol. The van der Waals surface area contributed by atoms with Gasteiger partial charge in [0.2, 0.25) is 0 Å². The first-order valence-corrected chi connectivity index (χ1v) is 11.3. The number of aryl methyl sites for hydroxylation is 1. The second-order valence-electron chi connectivity index (χ2n) is 8.44. The summed E-state index contributed by atoms with van der Waals surface area (Å²) in [6.45, 7) is 9.67. The number of amides is 2. The summed E-state index contributed by atoms with van der Waals surface area (Å²) in [5, 5.41) is 3.01. The average Bonchev–Trinajstić information content (AvgIpc) is 2.94. The summed E-state index contributed by atoms with van der Waals surface area (Å²) in [5.41, 5.74) is 7.11. The van der Waals surface area contributed by atoms with Gasteiger partial charge in [0.15, 0.2) is 0 Å². The van der Waals surface area contributed by atoms with Gasteiger partial charge in [-0.05, 0) is 76.5 Å². The van der Waals surface area contributed by atoms with Gasteiger partial charge < -0.3 is 25.6 Å². The van der Waals surface area contributed by atoms with E-state index >= 15 is 0 Å². The van der Waals surface area contributed by atoms with Crippen molar-refractivity contribution in [3.05, 3.63) is 28.8 Å². The molecule has 1 aromatic rings. The van der Waals surface area contributed by atoms with E-state index in [9.17, 15) is 9.59 Å². The molecule has 2 aliphatic heterocycles. The van der Waals surface area contributed by atoms with E-state index in [-0.39, 0.29) is 5.91 Å². The number of benzene rings is 1. The van der Waals surface area contributed by atoms with E-state index in [2.05, 4.69) is 15.1 Å². The van der Waals surface area contributed by atoms with Crippen LogP contribution >= 0.6 is 0 Å². The first-order chi connectivity index (χ1) is 14.5. The largest absolute Gasteiger partial charge is 0.493 e. The third-order valence-corrected chi connectivity index (χ3v) is 6.05. The highest BCUT2D eigenvalue weighted by atomic mass is 16.5. The second kappa shape index (κ2) is 11.3. The summed E-state index contributed by atoms with van der Waals surface area (Å²) in [4.78, 5) is 29.7. The van der Waals surface area contributed by atoms with E-state index in [1.165, 1.54) is 25.8 Å². The van der Waals surface area contributed by atoms with E-state index in [0.29, 0.717) is 35.6 Å². The fourth-order valence-electron chi connectivity index (χ4n) is 4.37. The van der Waals surface area contributed by atoms with Crippen molar-refractivity contribution in [2.75, 3.05) is 52.4 Å². The van der Waals surface area contributed by atoms with Gasteiger partial charge in [-0.3, -0.25) is 9.59 Å². The van der Waals surface area contributed by atoms with Crippen molar-refractivity contribution in [2.24, 2.45) is 5.73 Å². The molecule has 0 aliphatic carbocycles. The lowest BCUT2D eigenvalue weighted by Gasteiger charge is -2.21. The maximum Gasteiger partial charge on any atom is 0.252 e. The van der Waals surface area contributed by atoms with E-state index in [1.54, 1.807) is 19.1 Å². The van der Waals surface area contributed by atoms with Crippen LogP contribution in [0.3, 0.4) is 0 Å². The number of nitrogens with one attached hydrogen (secondary N) is 1. The fraction of sp³-hybridized carbons (Fsp3) is 0.652. The van der Waals surface area contributed by atoms with Crippen LogP contribution in [0.5, 0.6) is 5.75 Å². The number of ether oxygens (including phenoxy) is 1. The smallest absolute Gasteiger partial charge is 0.252 e. The van der Waals surface area contributed by atoms with E-state index in [1.807, 2.05) is 0 Å². The third kappa shape index (κ3) is 6.44. The molecule has 166 valence electrons. The molecule has 0 spiro atoms. The van der Waals surface area contributed by atoms with Crippen LogP contribution in [0.4, 0.5) is 0 Å². The fourth-order valence-corrected chi connectivity index (χ4v) is 4.37. The van der Waals surface area contributed by atoms with Crippen molar-refractivity contribution in [3.8, 4) is 5.75 Å². The summed E-state index contributed by atoms with van der Waals surface area (Å²) >= 11 is 0. The molecule has 7 heteroatoms. The van der Waals surface area contributed by atoms with Crippen molar-refractivity contribution in [1.29, 1.82) is 0 Å². The van der Waals surface area contributed by atoms with Gasteiger partial charge in [-0.2, -0.15) is 0 Å². The minimum Gasteiger partial charge on any atom is -0.493 e. The van der Waals surface area contributed by atoms with Crippen LogP contribution in [0.1, 0.15) is 64.8 Å². The topological polar surface area (TPSA) is 87.9 Å². The Morgan fingerprint density at radius 1 is 0.933 bits per heavy atom. The van der Waals surface area contributed by atoms with Crippen molar-refractivity contribution >= 4 is 11.8 Å². The van der Waals surface area contributed by atoms with Gasteiger partial charge in [0.25, 0.3) is 11.8 Å². The van der Waals surface area contributed by atoms with Crippen molar-refractivity contribution in [2.45, 2.75) is 45.4 Å². The van der Waals surface area contributed by atoms with Gasteiger partial charge in [-0.15, -0.1) is 0 Å². The van der Waals surface area contributed by atoms with Crippen LogP contribution in [0, 0.1) is 6.92 Å². The van der Waals surface area contributed by atoms with Crippen molar-refractivity contribution in [1.82, 2.24) is 15.1 Å². The Bertz CT molecular complexity index is 737. The summed E-state index contributed by atoms with van der Waals surface area (Å²) in [6, 6.07) is 3.37. The van der Waals surface area contributed by atoms with Crippen LogP contribution in [-0.2, 0) is 0 Å². The Morgan fingerprint density at radius 3 is 2.33 bits per heavy atom. The lowest BCUT2D eigenvalue weighted by atomic mass is 10.0. The molecule has 1 saturated heterocycles. The zero-order valence-electron chi connectivity index (χ0n) is 18.3. The Morgan fingerprint density at radius 2 is 1.60 bits per heavy atom. The van der Waals surface area contributed by atoms with E-state index in [4.69, 9.17) is 10.5 Å². The van der Waals surface area contributed by atoms with E-state index in [0.717, 1.165) is 52.0 Å². The standard InChI is InChI=1S/C23H36N4O3/c1-18-16-19-17-20(21(18)22(24)28)30-15-5-3-2-4-9-26-11-7-12-27(14-13-26)10-6-8-25-23(19)29/h16-17H,2-15H2,1H3,(H2,24,28)(H,25,29). The number of primary amides is 1. The monoisotopic (exact) mass is 416 g/mol. The number of hydrogen-bond acceptors (Lipinski definition) is 5. The third-order valence-electron chi connectivity index (χ3n) is 6.05. The highest BCUT2D eigenvalue weighted by molar-refractivity contribution is 6.00. The maximum atomic E-state index is 12.7. The van der Waals surface area contributed by atoms with Crippen LogP contribution in [0.15, 0.2) is 12.1 Å². The number of nitrogens with zero attached hydrogens (tertiary/aromatic N) is 2. The first-order valence-electron chi connectivity index (χ1n) is 11.3. The lowest BCUT2D eigenvalue weighted by molar-refractivity contribution is 0.0947. The molecule has 30 heavy (non-hydrogen) atoms. The predicted octanol–water partition coefficient (Wildman–Crippen LogP) is 2.17. The van der Waals surface area contributed by atoms with Crippen LogP contribution in [0.2, 0.25) is 0 Å². The van der Waals surface area contributed by atoms with Gasteiger partial charge in [0.1, 0.15) is 5.75 Å². The molecule has 1 fully saturated rings. The van der Waals surface area contributed by atoms with Crippen molar-refractivity contribution < 1.29 is 14.3 Å². The molecule has 2 heterocycles. The van der Waals surface area contributed by atoms with Crippen LogP contribution in [0.25, 0.3) is 0 Å². The predicted molar refractivity (Wildman–Crippen MR) is 118 cm³/mol. The lowest BCUT2D eigenvalue weighted by Crippen LogP contribution is -2.33. The quantitative estimate of drug-likeness (QED) is 0.733. The summed E-state index contributed by atoms with van der Waals surface area (Å²) in [7, 11) is 0. The summed E-state index contributed by atoms with van der Waals surface area (Å²) < 4.78 is 5.90. The first kappa shape index (κ1) is 22.6. The Labute approximate surface area is 179 Å². The Balaban J connectivity index is 1.71. The Hall–Kier alpha value is -2.12. The minimum absolute atomic E-state index is 0.140. The molecule has 0 saturated carbocycles. The number of nitrogens with two attached hydrogens (primary N) is 1. The highest BCUT2D eigenvalue weighted by Gasteiger charge is 2.18. The number of carbonyl (C=O) groups excluding carboxylic acids is 2. The summed E-state index contributed by atoms with van der Waals surface area (Å²) in [6.07, 6.45) is 6.53. The molecule has 7 nitrogen and oxygen atoms in total. The number of fused-ring (bicyclic) bond motifs is 5. The molecule has 4 bridgehead atoms. The maximum absolute atomic E-state index is 12.7. The molecule has 2 unspecified atom stereocenters. The zero-order valence-corrected chi connectivity index (χ0v) is 18.3. The Kier molecular flexibility index (Phi) is 8.51. The van der Waals surface area contributed by atoms with Gasteiger partial charge >= 0.3 is 0 Å². The number of rotatable bonds is 1. The molecule has 3 N–H and O–H groups in total. The van der Waals surface area contributed by atoms with Crippen LogP contribution < -0.4 is 15.8 Å². The zero-order chi connectivity index (χ0) is 21.3. The molecular formula is C23H36N4O3. The average molecular weight is 417 g/mol. The second-order valence-corrected chi connectivity index (χ2v) is 8.44. The van der Waals surface area contributed by atoms with Gasteiger partial charge in [-0.1, -0.05) is 12.8 Å². The van der Waals surface area contributed by atoms with E-state index < -0.39 is 5.91 Å². The highest BCUT2D eigenvalue weighted by Crippen LogP contribution is 2.25. The number of carbonyl (C=O) groups is 2. The molecule has 0 radical (unpaired) electrons. The SMILES string of the molecule is Cc1cc2cc(c1C(N)=O)OCCCCCCN1CCCN(CCCNC2=O)CC1. The molecule has 0 aromatic heterocycles. The van der Waals surface area contributed by atoms with Crippen LogP contribution in [-0.4, -0.2) is 74.0 Å². The molecule has 1 aromatic carbocycles. The number of hydrogen-bond donors (Lipinski definition) is 2. The van der Waals surface area contributed by atoms with Gasteiger partial charge in [0, 0.05) is 25.2 Å². The molecule has 2 atom stereocenters. The molecule has 2 amide bonds. The summed E-state index contributed by atoms with van der Waals surface area (Å²) in [5.74, 6) is -0.251. The molecule has 2 aliphatic rings. The van der Waals surface area contributed by atoms with Gasteiger partial charge in [0.05, 0.1) is 12.2 Å².